The van der Waals surface area contributed by atoms with Crippen LogP contribution in [0, 0.1) is 12.3 Å². The van der Waals surface area contributed by atoms with Gasteiger partial charge in [0, 0.05) is 48.6 Å². The van der Waals surface area contributed by atoms with E-state index in [2.05, 4.69) is 4.90 Å². The number of aromatic carboxylic acids is 1. The lowest BCUT2D eigenvalue weighted by molar-refractivity contribution is 0.0222. The van der Waals surface area contributed by atoms with Gasteiger partial charge in [0.1, 0.15) is 0 Å². The van der Waals surface area contributed by atoms with Crippen LogP contribution in [-0.4, -0.2) is 87.6 Å². The number of hydrogen-bond acceptors (Lipinski definition) is 6. The second-order valence-electron chi connectivity index (χ2n) is 11.8. The number of carboxylic acid groups (broad SMARTS) is 1. The Morgan fingerprint density at radius 1 is 0.977 bits per heavy atom. The zero-order valence-corrected chi connectivity index (χ0v) is 25.0. The lowest BCUT2D eigenvalue weighted by Gasteiger charge is -2.42. The molecule has 1 saturated heterocycles. The molecule has 1 aliphatic rings. The molecule has 0 bridgehead atoms. The molecule has 1 fully saturated rings. The summed E-state index contributed by atoms with van der Waals surface area (Å²) in [7, 11) is 5.69. The first-order valence-corrected chi connectivity index (χ1v) is 14.4. The van der Waals surface area contributed by atoms with Crippen LogP contribution in [-0.2, 0) is 7.05 Å². The molecule has 43 heavy (non-hydrogen) atoms. The first-order valence-electron chi connectivity index (χ1n) is 14.4. The third kappa shape index (κ3) is 5.91. The molecule has 1 amide bonds. The average Bonchev–Trinajstić information content (AvgIpc) is 3.23. The van der Waals surface area contributed by atoms with Crippen LogP contribution in [0.15, 0.2) is 71.7 Å². The number of piperidine rings is 1. The number of carbonyl (C=O) groups excluding carboxylic acids is 1. The summed E-state index contributed by atoms with van der Waals surface area (Å²) in [5.74, 6) is -1.10. The number of nitrogens with zero attached hydrogens (tertiary/aromatic N) is 4. The first kappa shape index (κ1) is 30.0. The van der Waals surface area contributed by atoms with Crippen LogP contribution < -0.4 is 0 Å². The number of likely N-dealkylation sites (tertiary alicyclic amines) is 1. The fourth-order valence-electron chi connectivity index (χ4n) is 6.11. The molecule has 5 rings (SSSR count). The highest BCUT2D eigenvalue weighted by Gasteiger charge is 2.36. The third-order valence-electron chi connectivity index (χ3n) is 8.48. The van der Waals surface area contributed by atoms with Gasteiger partial charge in [-0.15, -0.1) is 0 Å². The number of aliphatic imine (C=N–C) groups is 1. The quantitative estimate of drug-likeness (QED) is 0.256. The number of benzene rings is 3. The van der Waals surface area contributed by atoms with Gasteiger partial charge in [-0.2, -0.15) is 0 Å². The van der Waals surface area contributed by atoms with Gasteiger partial charge in [-0.3, -0.25) is 4.79 Å². The molecule has 1 aliphatic heterocycles. The van der Waals surface area contributed by atoms with Crippen molar-refractivity contribution in [1.82, 2.24) is 14.4 Å². The molecule has 2 heterocycles. The van der Waals surface area contributed by atoms with Crippen molar-refractivity contribution in [2.24, 2.45) is 17.5 Å². The Kier molecular flexibility index (Phi) is 8.39. The van der Waals surface area contributed by atoms with Crippen LogP contribution in [0.25, 0.3) is 10.9 Å². The summed E-state index contributed by atoms with van der Waals surface area (Å²) in [4.78, 5) is 34.0. The van der Waals surface area contributed by atoms with Gasteiger partial charge in [-0.05, 0) is 75.8 Å². The van der Waals surface area contributed by atoms with Gasteiger partial charge >= 0.3 is 5.97 Å². The van der Waals surface area contributed by atoms with E-state index in [1.807, 2.05) is 49.3 Å². The van der Waals surface area contributed by atoms with Crippen molar-refractivity contribution >= 4 is 34.2 Å². The van der Waals surface area contributed by atoms with Crippen LogP contribution in [0.1, 0.15) is 50.2 Å². The standard InChI is InChI=1S/C34H38N4O5/c1-22-18-27-28(19-26(22)33(42)43)37(4)32(41)29(27)30(23-8-6-5-7-9-23)35-25-12-10-24(11-13-25)31(40)38-16-14-34(21-39,15-17-38)20-36(2)3/h5-13,18-19,39,41H,14-17,20-21H2,1-4H3,(H,42,43). The number of hydrogen-bond donors (Lipinski definition) is 3. The van der Waals surface area contributed by atoms with E-state index >= 15 is 0 Å². The molecule has 0 saturated carbocycles. The van der Waals surface area contributed by atoms with Gasteiger partial charge in [-0.1, -0.05) is 30.3 Å². The van der Waals surface area contributed by atoms with E-state index in [1.54, 1.807) is 54.9 Å². The maximum atomic E-state index is 13.3. The predicted octanol–water partition coefficient (Wildman–Crippen LogP) is 4.84. The van der Waals surface area contributed by atoms with Gasteiger partial charge in [0.25, 0.3) is 5.91 Å². The number of amides is 1. The summed E-state index contributed by atoms with van der Waals surface area (Å²) >= 11 is 0. The number of carbonyl (C=O) groups is 2. The van der Waals surface area contributed by atoms with Crippen molar-refractivity contribution in [3.63, 3.8) is 0 Å². The van der Waals surface area contributed by atoms with E-state index < -0.39 is 5.97 Å². The van der Waals surface area contributed by atoms with Crippen LogP contribution in [0.5, 0.6) is 5.88 Å². The molecular weight excluding hydrogens is 544 g/mol. The largest absolute Gasteiger partial charge is 0.494 e. The minimum atomic E-state index is -1.03. The van der Waals surface area contributed by atoms with Crippen molar-refractivity contribution in [2.75, 3.05) is 40.3 Å². The highest BCUT2D eigenvalue weighted by atomic mass is 16.4. The van der Waals surface area contributed by atoms with Crippen LogP contribution >= 0.6 is 0 Å². The minimum absolute atomic E-state index is 0.0235. The van der Waals surface area contributed by atoms with Crippen molar-refractivity contribution < 1.29 is 24.9 Å². The number of aromatic nitrogens is 1. The van der Waals surface area contributed by atoms with E-state index in [1.165, 1.54) is 0 Å². The molecule has 1 aromatic heterocycles. The summed E-state index contributed by atoms with van der Waals surface area (Å²) < 4.78 is 1.57. The Morgan fingerprint density at radius 2 is 1.63 bits per heavy atom. The lowest BCUT2D eigenvalue weighted by atomic mass is 9.78. The number of fused-ring (bicyclic) bond motifs is 1. The maximum Gasteiger partial charge on any atom is 0.336 e. The van der Waals surface area contributed by atoms with E-state index in [0.29, 0.717) is 52.1 Å². The van der Waals surface area contributed by atoms with Gasteiger partial charge < -0.3 is 29.7 Å². The monoisotopic (exact) mass is 582 g/mol. The van der Waals surface area contributed by atoms with Gasteiger partial charge in [0.2, 0.25) is 5.88 Å². The number of aliphatic hydroxyl groups is 1. The smallest absolute Gasteiger partial charge is 0.336 e. The highest BCUT2D eigenvalue weighted by Crippen LogP contribution is 2.36. The first-order chi connectivity index (χ1) is 20.5. The Balaban J connectivity index is 1.48. The zero-order chi connectivity index (χ0) is 30.9. The molecule has 0 atom stereocenters. The summed E-state index contributed by atoms with van der Waals surface area (Å²) in [6, 6.07) is 20.0. The Bertz CT molecular complexity index is 1680. The van der Waals surface area contributed by atoms with Gasteiger partial charge in [0.15, 0.2) is 0 Å². The van der Waals surface area contributed by atoms with Gasteiger partial charge in [0.05, 0.1) is 34.6 Å². The molecule has 9 heteroatoms. The lowest BCUT2D eigenvalue weighted by Crippen LogP contribution is -2.48. The van der Waals surface area contributed by atoms with E-state index in [4.69, 9.17) is 4.99 Å². The zero-order valence-electron chi connectivity index (χ0n) is 25.0. The van der Waals surface area contributed by atoms with Crippen molar-refractivity contribution in [2.45, 2.75) is 19.8 Å². The molecule has 9 nitrogen and oxygen atoms in total. The summed E-state index contributed by atoms with van der Waals surface area (Å²) in [5.41, 5.74) is 4.13. The number of aromatic hydroxyl groups is 1. The third-order valence-corrected chi connectivity index (χ3v) is 8.48. The molecule has 0 aliphatic carbocycles. The Labute approximate surface area is 251 Å². The second kappa shape index (κ2) is 12.0. The second-order valence-corrected chi connectivity index (χ2v) is 11.8. The Morgan fingerprint density at radius 3 is 2.21 bits per heavy atom. The van der Waals surface area contributed by atoms with Crippen molar-refractivity contribution in [1.29, 1.82) is 0 Å². The normalized spacial score (nSPS) is 15.3. The SMILES string of the molecule is Cc1cc2c(C(=Nc3ccc(C(=O)N4CCC(CO)(CN(C)C)CC4)cc3)c3ccccc3)c(O)n(C)c2cc1C(=O)O. The van der Waals surface area contributed by atoms with E-state index in [0.717, 1.165) is 24.9 Å². The summed E-state index contributed by atoms with van der Waals surface area (Å²) in [6.07, 6.45) is 1.50. The van der Waals surface area contributed by atoms with Crippen LogP contribution in [0.4, 0.5) is 5.69 Å². The highest BCUT2D eigenvalue weighted by molar-refractivity contribution is 6.22. The molecule has 4 aromatic rings. The van der Waals surface area contributed by atoms with E-state index in [-0.39, 0.29) is 29.4 Å². The molecule has 3 aromatic carbocycles. The molecule has 3 N–H and O–H groups in total. The number of carboxylic acids is 1. The topological polar surface area (TPSA) is 119 Å². The molecule has 224 valence electrons. The van der Waals surface area contributed by atoms with E-state index in [9.17, 15) is 24.9 Å². The van der Waals surface area contributed by atoms with Crippen LogP contribution in [0.2, 0.25) is 0 Å². The van der Waals surface area contributed by atoms with Gasteiger partial charge in [-0.25, -0.2) is 9.79 Å². The summed E-state index contributed by atoms with van der Waals surface area (Å²) in [5, 5.41) is 31.7. The van der Waals surface area contributed by atoms with Crippen LogP contribution in [0.3, 0.4) is 0 Å². The molecule has 0 unspecified atom stereocenters. The molecular formula is C34H38N4O5. The van der Waals surface area contributed by atoms with Crippen molar-refractivity contribution in [3.05, 3.63) is 94.5 Å². The fourth-order valence-corrected chi connectivity index (χ4v) is 6.11. The molecule has 0 radical (unpaired) electrons. The van der Waals surface area contributed by atoms with Crippen molar-refractivity contribution in [3.8, 4) is 5.88 Å². The Hall–Kier alpha value is -4.47. The number of aryl methyl sites for hydroxylation is 2. The maximum absolute atomic E-state index is 13.3. The minimum Gasteiger partial charge on any atom is -0.494 e. The number of aliphatic hydroxyl groups excluding tert-OH is 1. The predicted molar refractivity (Wildman–Crippen MR) is 168 cm³/mol. The fraction of sp³-hybridized carbons (Fsp3) is 0.324. The number of rotatable bonds is 8. The summed E-state index contributed by atoms with van der Waals surface area (Å²) in [6.45, 7) is 3.81. The average molecular weight is 583 g/mol. The molecule has 0 spiro atoms.